The van der Waals surface area contributed by atoms with Gasteiger partial charge in [-0.15, -0.1) is 0 Å². The molecule has 4 nitrogen and oxygen atoms in total. The van der Waals surface area contributed by atoms with Crippen molar-refractivity contribution in [2.75, 3.05) is 11.5 Å². The van der Waals surface area contributed by atoms with E-state index in [1.807, 2.05) is 24.3 Å². The molecule has 0 amide bonds. The van der Waals surface area contributed by atoms with Crippen LogP contribution in [-0.4, -0.2) is 10.2 Å². The summed E-state index contributed by atoms with van der Waals surface area (Å²) >= 11 is 0. The standard InChI is InChI=1S/C49H52N2O2/c50-43-21-37(3-7-45(43)52)49(38-4-8-46(53)44(51)22-38)41-19-29(9-11-47-23-31-13-32(24-47)15-33(14-31)25-47)1-5-39(41)40-6-2-30(20-42(40)49)10-12-48-26-34-16-35(27-48)18-36(17-34)28-48/h1-12,19-22,31-36,52-53H,13-18,23-28,50-51H2. The molecule has 4 aromatic rings. The molecule has 8 fully saturated rings. The monoisotopic (exact) mass is 700 g/mol. The Labute approximate surface area is 314 Å². The minimum Gasteiger partial charge on any atom is -0.506 e. The number of nitrogens with two attached hydrogens (primary N) is 2. The number of hydrogen-bond donors (Lipinski definition) is 4. The van der Waals surface area contributed by atoms with Crippen molar-refractivity contribution in [2.45, 2.75) is 82.5 Å². The molecule has 13 rings (SSSR count). The van der Waals surface area contributed by atoms with Crippen LogP contribution >= 0.6 is 0 Å². The zero-order chi connectivity index (χ0) is 35.7. The van der Waals surface area contributed by atoms with Crippen LogP contribution in [0.1, 0.15) is 110 Å². The lowest BCUT2D eigenvalue weighted by molar-refractivity contribution is -0.0234. The van der Waals surface area contributed by atoms with Gasteiger partial charge in [-0.25, -0.2) is 0 Å². The van der Waals surface area contributed by atoms with Gasteiger partial charge >= 0.3 is 0 Å². The molecular weight excluding hydrogens is 649 g/mol. The zero-order valence-corrected chi connectivity index (χ0v) is 30.7. The lowest BCUT2D eigenvalue weighted by Crippen LogP contribution is -2.44. The fourth-order valence-corrected chi connectivity index (χ4v) is 14.2. The molecule has 0 aromatic heterocycles. The number of phenolic OH excluding ortho intramolecular Hbond substituents is 2. The first-order valence-electron chi connectivity index (χ1n) is 20.5. The second kappa shape index (κ2) is 11.3. The molecular formula is C49H52N2O2. The summed E-state index contributed by atoms with van der Waals surface area (Å²) < 4.78 is 0. The predicted molar refractivity (Wildman–Crippen MR) is 215 cm³/mol. The van der Waals surface area contributed by atoms with Gasteiger partial charge < -0.3 is 21.7 Å². The summed E-state index contributed by atoms with van der Waals surface area (Å²) in [6.07, 6.45) is 26.7. The second-order valence-electron chi connectivity index (χ2n) is 19.1. The number of fused-ring (bicyclic) bond motifs is 3. The smallest absolute Gasteiger partial charge is 0.138 e. The first-order valence-corrected chi connectivity index (χ1v) is 20.5. The zero-order valence-electron chi connectivity index (χ0n) is 30.7. The summed E-state index contributed by atoms with van der Waals surface area (Å²) in [5.74, 6) is 5.56. The topological polar surface area (TPSA) is 92.5 Å². The minimum absolute atomic E-state index is 0.0760. The maximum absolute atomic E-state index is 10.7. The Hall–Kier alpha value is -4.44. The van der Waals surface area contributed by atoms with Gasteiger partial charge in [0.15, 0.2) is 0 Å². The van der Waals surface area contributed by atoms with Gasteiger partial charge in [0.25, 0.3) is 0 Å². The predicted octanol–water partition coefficient (Wildman–Crippen LogP) is 11.1. The highest BCUT2D eigenvalue weighted by molar-refractivity contribution is 5.89. The Balaban J connectivity index is 1.07. The third kappa shape index (κ3) is 4.93. The van der Waals surface area contributed by atoms with Crippen LogP contribution < -0.4 is 11.5 Å². The second-order valence-corrected chi connectivity index (χ2v) is 19.1. The van der Waals surface area contributed by atoms with Gasteiger partial charge in [0.2, 0.25) is 0 Å². The van der Waals surface area contributed by atoms with Crippen LogP contribution in [0, 0.1) is 46.3 Å². The quantitative estimate of drug-likeness (QED) is 0.105. The molecule has 8 saturated carbocycles. The summed E-state index contributed by atoms with van der Waals surface area (Å²) in [4.78, 5) is 0. The summed E-state index contributed by atoms with van der Waals surface area (Å²) in [5.41, 5.74) is 22.7. The van der Waals surface area contributed by atoms with Crippen LogP contribution in [0.3, 0.4) is 0 Å². The molecule has 0 spiro atoms. The molecule has 0 aliphatic heterocycles. The Morgan fingerprint density at radius 2 is 0.830 bits per heavy atom. The molecule has 6 N–H and O–H groups in total. The fraction of sp³-hybridized carbons (Fsp3) is 0.429. The first kappa shape index (κ1) is 32.0. The molecule has 9 aliphatic rings. The van der Waals surface area contributed by atoms with Gasteiger partial charge in [-0.3, -0.25) is 0 Å². The molecule has 0 saturated heterocycles. The summed E-state index contributed by atoms with van der Waals surface area (Å²) in [6, 6.07) is 25.4. The Bertz CT molecular complexity index is 2000. The van der Waals surface area contributed by atoms with E-state index in [1.165, 1.54) is 110 Å². The number of allylic oxidation sites excluding steroid dienone is 2. The molecule has 0 radical (unpaired) electrons. The van der Waals surface area contributed by atoms with Crippen LogP contribution in [0.25, 0.3) is 23.3 Å². The molecule has 9 aliphatic carbocycles. The maximum Gasteiger partial charge on any atom is 0.138 e. The Morgan fingerprint density at radius 1 is 0.472 bits per heavy atom. The fourth-order valence-electron chi connectivity index (χ4n) is 14.2. The highest BCUT2D eigenvalue weighted by Crippen LogP contribution is 2.63. The van der Waals surface area contributed by atoms with E-state index in [-0.39, 0.29) is 11.5 Å². The highest BCUT2D eigenvalue weighted by Gasteiger charge is 2.51. The Kier molecular flexibility index (Phi) is 6.82. The molecule has 0 atom stereocenters. The van der Waals surface area contributed by atoms with Crippen molar-refractivity contribution >= 4 is 23.5 Å². The summed E-state index contributed by atoms with van der Waals surface area (Å²) in [5, 5.41) is 21.4. The number of aromatic hydroxyl groups is 2. The number of anilines is 2. The van der Waals surface area contributed by atoms with Gasteiger partial charge in [0.05, 0.1) is 16.8 Å². The number of hydrogen-bond acceptors (Lipinski definition) is 4. The normalized spacial score (nSPS) is 34.0. The first-order chi connectivity index (χ1) is 25.7. The van der Waals surface area contributed by atoms with Crippen LogP contribution in [0.5, 0.6) is 11.5 Å². The number of phenols is 2. The van der Waals surface area contributed by atoms with E-state index in [2.05, 4.69) is 60.7 Å². The van der Waals surface area contributed by atoms with Crippen molar-refractivity contribution in [3.63, 3.8) is 0 Å². The van der Waals surface area contributed by atoms with Crippen molar-refractivity contribution in [1.82, 2.24) is 0 Å². The molecule has 0 unspecified atom stereocenters. The van der Waals surface area contributed by atoms with Gasteiger partial charge in [-0.05, 0) is 204 Å². The average Bonchev–Trinajstić information content (AvgIpc) is 3.41. The van der Waals surface area contributed by atoms with Crippen LogP contribution in [-0.2, 0) is 5.41 Å². The van der Waals surface area contributed by atoms with E-state index >= 15 is 0 Å². The lowest BCUT2D eigenvalue weighted by atomic mass is 9.49. The molecule has 0 heterocycles. The summed E-state index contributed by atoms with van der Waals surface area (Å²) in [6.45, 7) is 0. The van der Waals surface area contributed by atoms with E-state index < -0.39 is 5.41 Å². The molecule has 4 aromatic carbocycles. The summed E-state index contributed by atoms with van der Waals surface area (Å²) in [7, 11) is 0. The van der Waals surface area contributed by atoms with Gasteiger partial charge in [-0.1, -0.05) is 60.7 Å². The van der Waals surface area contributed by atoms with E-state index in [0.717, 1.165) is 46.6 Å². The molecule has 53 heavy (non-hydrogen) atoms. The van der Waals surface area contributed by atoms with Crippen LogP contribution in [0.2, 0.25) is 0 Å². The highest BCUT2D eigenvalue weighted by atomic mass is 16.3. The van der Waals surface area contributed by atoms with Crippen molar-refractivity contribution in [2.24, 2.45) is 46.3 Å². The van der Waals surface area contributed by atoms with Crippen molar-refractivity contribution in [3.8, 4) is 22.6 Å². The Morgan fingerprint density at radius 3 is 1.17 bits per heavy atom. The number of benzene rings is 4. The van der Waals surface area contributed by atoms with Crippen LogP contribution in [0.4, 0.5) is 11.4 Å². The molecule has 270 valence electrons. The van der Waals surface area contributed by atoms with E-state index in [1.54, 1.807) is 12.1 Å². The van der Waals surface area contributed by atoms with Gasteiger partial charge in [0.1, 0.15) is 11.5 Å². The van der Waals surface area contributed by atoms with E-state index in [4.69, 9.17) is 11.5 Å². The minimum atomic E-state index is -0.774. The van der Waals surface area contributed by atoms with Crippen molar-refractivity contribution < 1.29 is 10.2 Å². The third-order valence-electron chi connectivity index (χ3n) is 15.5. The largest absolute Gasteiger partial charge is 0.506 e. The van der Waals surface area contributed by atoms with E-state index in [0.29, 0.717) is 22.2 Å². The van der Waals surface area contributed by atoms with Gasteiger partial charge in [-0.2, -0.15) is 0 Å². The third-order valence-corrected chi connectivity index (χ3v) is 15.5. The van der Waals surface area contributed by atoms with Crippen LogP contribution in [0.15, 0.2) is 84.9 Å². The SMILES string of the molecule is Nc1cc(C2(c3ccc(O)c(N)c3)c3cc(C=CC45CC6CC(CC(C6)C4)C5)ccc3-c3ccc(C=CC45CC6CC(CC(C6)C4)C5)cc32)ccc1O. The van der Waals surface area contributed by atoms with Gasteiger partial charge in [0, 0.05) is 0 Å². The number of rotatable bonds is 6. The number of nitrogen functional groups attached to an aromatic ring is 2. The lowest BCUT2D eigenvalue weighted by Gasteiger charge is -2.56. The molecule has 8 bridgehead atoms. The maximum atomic E-state index is 10.7. The average molecular weight is 701 g/mol. The van der Waals surface area contributed by atoms with E-state index in [9.17, 15) is 10.2 Å². The molecule has 4 heteroatoms. The van der Waals surface area contributed by atoms with Crippen molar-refractivity contribution in [1.29, 1.82) is 0 Å². The van der Waals surface area contributed by atoms with Crippen molar-refractivity contribution in [3.05, 3.63) is 118 Å².